The normalized spacial score (nSPS) is 10.7. The van der Waals surface area contributed by atoms with Crippen molar-refractivity contribution in [1.29, 1.82) is 0 Å². The van der Waals surface area contributed by atoms with Gasteiger partial charge in [-0.15, -0.1) is 11.6 Å². The summed E-state index contributed by atoms with van der Waals surface area (Å²) < 4.78 is 35.8. The Labute approximate surface area is 207 Å². The van der Waals surface area contributed by atoms with Gasteiger partial charge in [0.25, 0.3) is 0 Å². The number of methoxy groups -OCH3 is 2. The zero-order valence-corrected chi connectivity index (χ0v) is 20.1. The van der Waals surface area contributed by atoms with E-state index in [2.05, 4.69) is 10.3 Å². The number of hydrogen-bond donors (Lipinski definition) is 2. The van der Waals surface area contributed by atoms with Gasteiger partial charge in [-0.2, -0.15) is 0 Å². The molecule has 0 bridgehead atoms. The predicted octanol–water partition coefficient (Wildman–Crippen LogP) is 6.52. The van der Waals surface area contributed by atoms with E-state index in [0.717, 1.165) is 17.5 Å². The number of rotatable bonds is 10. The molecule has 0 amide bonds. The van der Waals surface area contributed by atoms with E-state index in [9.17, 15) is 4.39 Å². The van der Waals surface area contributed by atoms with Gasteiger partial charge in [0.05, 0.1) is 43.9 Å². The number of nitrogens with zero attached hydrogens (tertiary/aromatic N) is 1. The molecule has 0 radical (unpaired) electrons. The van der Waals surface area contributed by atoms with Gasteiger partial charge < -0.3 is 30.0 Å². The number of aromatic nitrogens is 1. The molecule has 4 rings (SSSR count). The molecular weight excluding hydrogens is 473 g/mol. The van der Waals surface area contributed by atoms with Crippen molar-refractivity contribution in [1.82, 2.24) is 4.98 Å². The lowest BCUT2D eigenvalue weighted by Crippen LogP contribution is -2.02. The highest BCUT2D eigenvalue weighted by molar-refractivity contribution is 6.17. The molecule has 0 saturated heterocycles. The van der Waals surface area contributed by atoms with E-state index in [1.807, 2.05) is 24.3 Å². The number of halogens is 2. The Balaban J connectivity index is 1.58. The van der Waals surface area contributed by atoms with E-state index in [0.29, 0.717) is 58.1 Å². The van der Waals surface area contributed by atoms with Crippen LogP contribution in [0.2, 0.25) is 0 Å². The fraction of sp³-hybridized carbons (Fsp3) is 0.192. The topological polar surface area (TPSA) is 87.9 Å². The number of nitrogens with two attached hydrogens (primary N) is 1. The summed E-state index contributed by atoms with van der Waals surface area (Å²) >= 11 is 5.75. The number of nitrogens with one attached hydrogen (secondary N) is 1. The average Bonchev–Trinajstić information content (AvgIpc) is 2.87. The van der Waals surface area contributed by atoms with Crippen LogP contribution in [0.15, 0.2) is 60.8 Å². The van der Waals surface area contributed by atoms with Gasteiger partial charge >= 0.3 is 0 Å². The van der Waals surface area contributed by atoms with Gasteiger partial charge in [-0.3, -0.25) is 4.98 Å². The van der Waals surface area contributed by atoms with Crippen molar-refractivity contribution in [3.63, 3.8) is 0 Å². The van der Waals surface area contributed by atoms with Crippen molar-refractivity contribution in [3.05, 3.63) is 66.6 Å². The second kappa shape index (κ2) is 11.0. The van der Waals surface area contributed by atoms with Crippen molar-refractivity contribution in [2.45, 2.75) is 6.42 Å². The molecule has 7 nitrogen and oxygen atoms in total. The molecule has 9 heteroatoms. The minimum Gasteiger partial charge on any atom is -0.493 e. The molecule has 3 aromatic carbocycles. The highest BCUT2D eigenvalue weighted by Crippen LogP contribution is 2.39. The number of benzene rings is 3. The van der Waals surface area contributed by atoms with Gasteiger partial charge in [0.2, 0.25) is 0 Å². The predicted molar refractivity (Wildman–Crippen MR) is 136 cm³/mol. The molecule has 0 aliphatic heterocycles. The van der Waals surface area contributed by atoms with Crippen LogP contribution in [0.5, 0.6) is 28.7 Å². The Morgan fingerprint density at radius 2 is 1.69 bits per heavy atom. The van der Waals surface area contributed by atoms with Crippen molar-refractivity contribution in [2.75, 3.05) is 37.8 Å². The fourth-order valence-corrected chi connectivity index (χ4v) is 3.58. The third-order valence-electron chi connectivity index (χ3n) is 5.20. The maximum absolute atomic E-state index is 13.4. The summed E-state index contributed by atoms with van der Waals surface area (Å²) in [4.78, 5) is 4.45. The van der Waals surface area contributed by atoms with Crippen LogP contribution in [0.25, 0.3) is 10.9 Å². The number of hydrogen-bond acceptors (Lipinski definition) is 7. The first-order chi connectivity index (χ1) is 17.0. The maximum atomic E-state index is 13.4. The summed E-state index contributed by atoms with van der Waals surface area (Å²) in [5.74, 6) is 2.55. The third-order valence-corrected chi connectivity index (χ3v) is 5.46. The third kappa shape index (κ3) is 5.60. The smallest absolute Gasteiger partial charge is 0.169 e. The second-order valence-electron chi connectivity index (χ2n) is 7.55. The lowest BCUT2D eigenvalue weighted by molar-refractivity contribution is 0.295. The molecule has 1 heterocycles. The number of fused-ring (bicyclic) bond motifs is 1. The minimum atomic E-state index is -0.401. The number of ether oxygens (including phenoxy) is 4. The largest absolute Gasteiger partial charge is 0.493 e. The van der Waals surface area contributed by atoms with Gasteiger partial charge in [0.1, 0.15) is 11.6 Å². The molecule has 1 aromatic heterocycles. The lowest BCUT2D eigenvalue weighted by Gasteiger charge is -2.16. The van der Waals surface area contributed by atoms with Crippen LogP contribution >= 0.6 is 11.6 Å². The molecule has 182 valence electrons. The maximum Gasteiger partial charge on any atom is 0.169 e. The van der Waals surface area contributed by atoms with Crippen molar-refractivity contribution >= 4 is 39.6 Å². The molecule has 35 heavy (non-hydrogen) atoms. The molecule has 0 aliphatic carbocycles. The quantitative estimate of drug-likeness (QED) is 0.190. The second-order valence-corrected chi connectivity index (χ2v) is 7.92. The van der Waals surface area contributed by atoms with E-state index in [1.165, 1.54) is 25.3 Å². The van der Waals surface area contributed by atoms with Crippen LogP contribution in [-0.4, -0.2) is 31.7 Å². The summed E-state index contributed by atoms with van der Waals surface area (Å²) in [7, 11) is 3.04. The minimum absolute atomic E-state index is 0.309. The molecule has 0 fully saturated rings. The lowest BCUT2D eigenvalue weighted by atomic mass is 10.1. The van der Waals surface area contributed by atoms with E-state index < -0.39 is 5.82 Å². The van der Waals surface area contributed by atoms with Crippen LogP contribution in [-0.2, 0) is 0 Å². The van der Waals surface area contributed by atoms with Gasteiger partial charge in [-0.25, -0.2) is 4.39 Å². The summed E-state index contributed by atoms with van der Waals surface area (Å²) in [5.41, 5.74) is 8.91. The Bertz CT molecular complexity index is 1320. The first-order valence-corrected chi connectivity index (χ1v) is 11.4. The monoisotopic (exact) mass is 497 g/mol. The van der Waals surface area contributed by atoms with Crippen LogP contribution in [0.3, 0.4) is 0 Å². The highest BCUT2D eigenvalue weighted by atomic mass is 35.5. The van der Waals surface area contributed by atoms with Gasteiger partial charge in [-0.1, -0.05) is 0 Å². The van der Waals surface area contributed by atoms with Crippen LogP contribution in [0.4, 0.5) is 21.5 Å². The molecule has 0 saturated carbocycles. The molecule has 0 aliphatic rings. The SMILES string of the molecule is COc1cc2c(Nc3ccc(Oc4ccc(F)cc4OC)cc3)c(N)cnc2cc1OCCCCl. The number of alkyl halides is 1. The highest BCUT2D eigenvalue weighted by Gasteiger charge is 2.14. The summed E-state index contributed by atoms with van der Waals surface area (Å²) in [5, 5.41) is 4.13. The number of anilines is 3. The molecule has 3 N–H and O–H groups in total. The van der Waals surface area contributed by atoms with Crippen LogP contribution < -0.4 is 30.0 Å². The van der Waals surface area contributed by atoms with Crippen molar-refractivity contribution < 1.29 is 23.3 Å². The van der Waals surface area contributed by atoms with E-state index in [-0.39, 0.29) is 0 Å². The van der Waals surface area contributed by atoms with E-state index in [1.54, 1.807) is 25.4 Å². The van der Waals surface area contributed by atoms with E-state index in [4.69, 9.17) is 36.3 Å². The standard InChI is InChI=1S/C26H25ClFN3O4/c1-32-23-12-16(28)4-9-22(23)35-18-7-5-17(6-8-18)31-26-19-13-24(33-2)25(34-11-3-10-27)14-21(19)30-15-20(26)29/h4-9,12-15H,3,10-11,29H2,1-2H3,(H,30,31). The summed E-state index contributed by atoms with van der Waals surface area (Å²) in [6, 6.07) is 15.0. The van der Waals surface area contributed by atoms with Gasteiger partial charge in [0, 0.05) is 29.1 Å². The summed E-state index contributed by atoms with van der Waals surface area (Å²) in [6.45, 7) is 0.476. The fourth-order valence-electron chi connectivity index (χ4n) is 3.47. The molecule has 4 aromatic rings. The van der Waals surface area contributed by atoms with Gasteiger partial charge in [0.15, 0.2) is 23.0 Å². The van der Waals surface area contributed by atoms with Crippen LogP contribution in [0, 0.1) is 5.82 Å². The first kappa shape index (κ1) is 24.2. The zero-order chi connectivity index (χ0) is 24.8. The molecule has 0 atom stereocenters. The first-order valence-electron chi connectivity index (χ1n) is 10.9. The zero-order valence-electron chi connectivity index (χ0n) is 19.3. The number of nitrogen functional groups attached to an aromatic ring is 1. The number of pyridine rings is 1. The van der Waals surface area contributed by atoms with E-state index >= 15 is 0 Å². The molecule has 0 spiro atoms. The summed E-state index contributed by atoms with van der Waals surface area (Å²) in [6.07, 6.45) is 2.32. The van der Waals surface area contributed by atoms with Gasteiger partial charge in [-0.05, 0) is 48.9 Å². The average molecular weight is 498 g/mol. The Morgan fingerprint density at radius 1 is 0.943 bits per heavy atom. The molecular formula is C26H25ClFN3O4. The Morgan fingerprint density at radius 3 is 2.40 bits per heavy atom. The van der Waals surface area contributed by atoms with Crippen molar-refractivity contribution in [2.24, 2.45) is 0 Å². The Hall–Kier alpha value is -3.91. The molecule has 0 unspecified atom stereocenters. The Kier molecular flexibility index (Phi) is 7.62. The van der Waals surface area contributed by atoms with Crippen LogP contribution in [0.1, 0.15) is 6.42 Å². The van der Waals surface area contributed by atoms with Crippen molar-refractivity contribution in [3.8, 4) is 28.7 Å².